The smallest absolute Gasteiger partial charge is 0.325 e. The van der Waals surface area contributed by atoms with Gasteiger partial charge in [-0.3, -0.25) is 24.0 Å². The summed E-state index contributed by atoms with van der Waals surface area (Å²) in [5.74, 6) is -3.61. The van der Waals surface area contributed by atoms with E-state index in [1.165, 1.54) is 33.6 Å². The molecular weight excluding hydrogens is 530 g/mol. The first-order chi connectivity index (χ1) is 19.8. The lowest BCUT2D eigenvalue weighted by molar-refractivity contribution is -0.137. The van der Waals surface area contributed by atoms with Gasteiger partial charge in [0.1, 0.15) is 6.54 Å². The van der Waals surface area contributed by atoms with Gasteiger partial charge in [-0.25, -0.2) is 8.78 Å². The van der Waals surface area contributed by atoms with Crippen LogP contribution in [0, 0.1) is 11.6 Å². The van der Waals surface area contributed by atoms with Gasteiger partial charge in [-0.05, 0) is 59.2 Å². The van der Waals surface area contributed by atoms with Crippen molar-refractivity contribution in [3.63, 3.8) is 0 Å². The SMILES string of the molecule is O=C(O)Cn1nc(CC(=O)c2cccn(Cc3ccc(F)c(F)c3)c2=O)c2cc(C3=CCc4ncccc43)ccc21. The Morgan fingerprint density at radius 1 is 1.00 bits per heavy atom. The van der Waals surface area contributed by atoms with E-state index >= 15 is 0 Å². The van der Waals surface area contributed by atoms with E-state index in [9.17, 15) is 28.3 Å². The summed E-state index contributed by atoms with van der Waals surface area (Å²) in [6.45, 7) is -0.450. The third kappa shape index (κ3) is 4.95. The molecule has 6 rings (SSSR count). The second-order valence-electron chi connectivity index (χ2n) is 9.75. The first-order valence-electron chi connectivity index (χ1n) is 12.8. The van der Waals surface area contributed by atoms with Crippen LogP contribution < -0.4 is 5.56 Å². The van der Waals surface area contributed by atoms with Crippen LogP contribution in [0.5, 0.6) is 0 Å². The summed E-state index contributed by atoms with van der Waals surface area (Å²) < 4.78 is 29.6. The highest BCUT2D eigenvalue weighted by atomic mass is 19.2. The van der Waals surface area contributed by atoms with Crippen molar-refractivity contribution in [2.45, 2.75) is 25.9 Å². The third-order valence-electron chi connectivity index (χ3n) is 7.09. The molecule has 1 aliphatic carbocycles. The Bertz CT molecular complexity index is 1960. The molecule has 10 heteroatoms. The number of fused-ring (bicyclic) bond motifs is 2. The van der Waals surface area contributed by atoms with Crippen molar-refractivity contribution >= 4 is 28.2 Å². The van der Waals surface area contributed by atoms with Gasteiger partial charge in [0.05, 0.1) is 35.4 Å². The van der Waals surface area contributed by atoms with Crippen molar-refractivity contribution in [3.8, 4) is 0 Å². The molecule has 0 saturated carbocycles. The first-order valence-corrected chi connectivity index (χ1v) is 12.8. The fourth-order valence-corrected chi connectivity index (χ4v) is 5.18. The number of pyridine rings is 2. The number of ketones is 1. The number of carbonyl (C=O) groups is 2. The number of benzene rings is 2. The number of hydrogen-bond donors (Lipinski definition) is 1. The monoisotopic (exact) mass is 552 g/mol. The number of rotatable bonds is 8. The maximum atomic E-state index is 13.7. The first kappa shape index (κ1) is 26.0. The van der Waals surface area contributed by atoms with Crippen LogP contribution in [0.2, 0.25) is 0 Å². The average Bonchev–Trinajstić information content (AvgIpc) is 3.53. The van der Waals surface area contributed by atoms with E-state index < -0.39 is 35.5 Å². The number of aromatic nitrogens is 4. The number of allylic oxidation sites excluding steroid dienone is 1. The molecule has 204 valence electrons. The van der Waals surface area contributed by atoms with Crippen LogP contribution in [0.3, 0.4) is 0 Å². The highest BCUT2D eigenvalue weighted by Gasteiger charge is 2.22. The quantitative estimate of drug-likeness (QED) is 0.286. The minimum atomic E-state index is -1.09. The minimum Gasteiger partial charge on any atom is -0.480 e. The van der Waals surface area contributed by atoms with E-state index in [0.29, 0.717) is 28.6 Å². The minimum absolute atomic E-state index is 0.0534. The maximum absolute atomic E-state index is 13.7. The molecule has 0 unspecified atom stereocenters. The molecule has 0 radical (unpaired) electrons. The Balaban J connectivity index is 1.35. The Labute approximate surface area is 231 Å². The van der Waals surface area contributed by atoms with Gasteiger partial charge in [0.15, 0.2) is 17.4 Å². The Kier molecular flexibility index (Phi) is 6.58. The summed E-state index contributed by atoms with van der Waals surface area (Å²) in [6.07, 6.45) is 5.73. The second kappa shape index (κ2) is 10.4. The van der Waals surface area contributed by atoms with Crippen LogP contribution in [-0.2, 0) is 30.7 Å². The molecule has 3 aromatic heterocycles. The fraction of sp³-hybridized carbons (Fsp3) is 0.129. The lowest BCUT2D eigenvalue weighted by Gasteiger charge is -2.08. The standard InChI is InChI=1S/C31H22F2N4O4/c32-24-8-5-18(13-25(24)33)16-36-12-2-4-22(31(36)41)29(38)15-27-23-14-19(6-10-28(23)37(35-27)17-30(39)40)20-7-9-26-21(20)3-1-11-34-26/h1-8,10-14H,9,15-17H2,(H,39,40). The number of halogens is 2. The van der Waals surface area contributed by atoms with Crippen molar-refractivity contribution in [2.75, 3.05) is 0 Å². The molecule has 0 amide bonds. The van der Waals surface area contributed by atoms with E-state index in [4.69, 9.17) is 0 Å². The summed E-state index contributed by atoms with van der Waals surface area (Å²) in [5, 5.41) is 14.5. The van der Waals surface area contributed by atoms with Crippen LogP contribution in [0.4, 0.5) is 8.78 Å². The predicted octanol–water partition coefficient (Wildman–Crippen LogP) is 4.42. The topological polar surface area (TPSA) is 107 Å². The summed E-state index contributed by atoms with van der Waals surface area (Å²) in [7, 11) is 0. The molecule has 1 aliphatic rings. The molecule has 0 fully saturated rings. The summed E-state index contributed by atoms with van der Waals surface area (Å²) in [6, 6.07) is 15.7. The van der Waals surface area contributed by atoms with Crippen LogP contribution >= 0.6 is 0 Å². The second-order valence-corrected chi connectivity index (χ2v) is 9.75. The van der Waals surface area contributed by atoms with Crippen molar-refractivity contribution in [1.29, 1.82) is 0 Å². The molecule has 0 saturated heterocycles. The van der Waals surface area contributed by atoms with E-state index in [0.717, 1.165) is 34.5 Å². The van der Waals surface area contributed by atoms with E-state index in [2.05, 4.69) is 16.2 Å². The van der Waals surface area contributed by atoms with Crippen molar-refractivity contribution in [2.24, 2.45) is 0 Å². The fourth-order valence-electron chi connectivity index (χ4n) is 5.18. The number of nitrogens with zero attached hydrogens (tertiary/aromatic N) is 4. The molecule has 1 N–H and O–H groups in total. The van der Waals surface area contributed by atoms with Crippen LogP contribution in [0.25, 0.3) is 16.5 Å². The summed E-state index contributed by atoms with van der Waals surface area (Å²) in [4.78, 5) is 42.5. The predicted molar refractivity (Wildman–Crippen MR) is 147 cm³/mol. The van der Waals surface area contributed by atoms with E-state index in [-0.39, 0.29) is 18.5 Å². The highest BCUT2D eigenvalue weighted by Crippen LogP contribution is 2.33. The normalized spacial score (nSPS) is 12.4. The molecule has 0 atom stereocenters. The number of hydrogen-bond acceptors (Lipinski definition) is 5. The zero-order valence-corrected chi connectivity index (χ0v) is 21.6. The number of carbonyl (C=O) groups excluding carboxylic acids is 1. The van der Waals surface area contributed by atoms with Gasteiger partial charge in [0.2, 0.25) is 0 Å². The van der Waals surface area contributed by atoms with E-state index in [1.54, 1.807) is 12.3 Å². The highest BCUT2D eigenvalue weighted by molar-refractivity contribution is 6.00. The van der Waals surface area contributed by atoms with Crippen molar-refractivity contribution in [3.05, 3.63) is 135 Å². The molecule has 0 aliphatic heterocycles. The zero-order chi connectivity index (χ0) is 28.7. The third-order valence-corrected chi connectivity index (χ3v) is 7.09. The number of carboxylic acid groups (broad SMARTS) is 1. The van der Waals surface area contributed by atoms with E-state index in [1.807, 2.05) is 24.3 Å². The molecule has 8 nitrogen and oxygen atoms in total. The van der Waals surface area contributed by atoms with Crippen molar-refractivity contribution < 1.29 is 23.5 Å². The largest absolute Gasteiger partial charge is 0.480 e. The number of carboxylic acids is 1. The van der Waals surface area contributed by atoms with Gasteiger partial charge in [0, 0.05) is 29.8 Å². The maximum Gasteiger partial charge on any atom is 0.325 e. The molecule has 3 heterocycles. The lowest BCUT2D eigenvalue weighted by atomic mass is 9.98. The molecule has 0 spiro atoms. The Hall–Kier alpha value is -5.25. The molecule has 41 heavy (non-hydrogen) atoms. The molecular formula is C31H22F2N4O4. The average molecular weight is 553 g/mol. The molecule has 0 bridgehead atoms. The van der Waals surface area contributed by atoms with Gasteiger partial charge in [-0.15, -0.1) is 0 Å². The van der Waals surface area contributed by atoms with Crippen LogP contribution in [0.15, 0.2) is 83.9 Å². The van der Waals surface area contributed by atoms with Gasteiger partial charge >= 0.3 is 5.97 Å². The zero-order valence-electron chi connectivity index (χ0n) is 21.6. The summed E-state index contributed by atoms with van der Waals surface area (Å²) >= 11 is 0. The Morgan fingerprint density at radius 3 is 2.66 bits per heavy atom. The van der Waals surface area contributed by atoms with Gasteiger partial charge < -0.3 is 9.67 Å². The Morgan fingerprint density at radius 2 is 1.85 bits per heavy atom. The van der Waals surface area contributed by atoms with Gasteiger partial charge in [0.25, 0.3) is 5.56 Å². The molecule has 5 aromatic rings. The van der Waals surface area contributed by atoms with Crippen LogP contribution in [0.1, 0.15) is 38.4 Å². The molecule has 2 aromatic carbocycles. The van der Waals surface area contributed by atoms with Crippen molar-refractivity contribution in [1.82, 2.24) is 19.3 Å². The number of Topliss-reactive ketones (excluding diaryl/α,β-unsaturated/α-hetero) is 1. The lowest BCUT2D eigenvalue weighted by Crippen LogP contribution is -2.27. The van der Waals surface area contributed by atoms with Gasteiger partial charge in [-0.2, -0.15) is 5.10 Å². The van der Waals surface area contributed by atoms with Crippen LogP contribution in [-0.4, -0.2) is 36.2 Å². The van der Waals surface area contributed by atoms with Gasteiger partial charge in [-0.1, -0.05) is 24.3 Å². The summed E-state index contributed by atoms with van der Waals surface area (Å²) in [5.41, 5.74) is 4.41. The number of aliphatic carboxylic acids is 1.